The predicted molar refractivity (Wildman–Crippen MR) is 66.3 cm³/mol. The monoisotopic (exact) mass is 237 g/mol. The number of halogens is 1. The van der Waals surface area contributed by atoms with Gasteiger partial charge in [-0.05, 0) is 27.3 Å². The number of hydrogen-bond acceptors (Lipinski definition) is 3. The summed E-state index contributed by atoms with van der Waals surface area (Å²) in [6.07, 6.45) is 1.12. The highest BCUT2D eigenvalue weighted by molar-refractivity contribution is 5.85. The van der Waals surface area contributed by atoms with Crippen LogP contribution in [0, 0.1) is 0 Å². The molecule has 0 saturated heterocycles. The van der Waals surface area contributed by atoms with Gasteiger partial charge in [-0.25, -0.2) is 0 Å². The first-order valence-corrected chi connectivity index (χ1v) is 5.22. The van der Waals surface area contributed by atoms with Gasteiger partial charge in [-0.3, -0.25) is 4.79 Å². The van der Waals surface area contributed by atoms with Crippen LogP contribution in [0.3, 0.4) is 0 Å². The summed E-state index contributed by atoms with van der Waals surface area (Å²) in [5.41, 5.74) is 5.41. The number of nitrogens with zero attached hydrogens (tertiary/aromatic N) is 1. The van der Waals surface area contributed by atoms with Crippen molar-refractivity contribution in [2.45, 2.75) is 39.3 Å². The zero-order chi connectivity index (χ0) is 11.1. The fourth-order valence-corrected chi connectivity index (χ4v) is 1.05. The van der Waals surface area contributed by atoms with Crippen LogP contribution >= 0.6 is 12.4 Å². The van der Waals surface area contributed by atoms with E-state index >= 15 is 0 Å². The van der Waals surface area contributed by atoms with Crippen LogP contribution in [0.5, 0.6) is 0 Å². The molecule has 0 heterocycles. The number of carbonyl (C=O) groups is 1. The van der Waals surface area contributed by atoms with Crippen LogP contribution < -0.4 is 11.1 Å². The maximum Gasteiger partial charge on any atom is 0.236 e. The largest absolute Gasteiger partial charge is 0.353 e. The summed E-state index contributed by atoms with van der Waals surface area (Å²) in [5, 5.41) is 2.79. The van der Waals surface area contributed by atoms with Crippen LogP contribution in [-0.2, 0) is 4.79 Å². The number of nitrogens with one attached hydrogen (secondary N) is 1. The number of carbonyl (C=O) groups excluding carboxylic acids is 1. The lowest BCUT2D eigenvalue weighted by molar-refractivity contribution is -0.122. The van der Waals surface area contributed by atoms with Crippen molar-refractivity contribution < 1.29 is 4.79 Å². The van der Waals surface area contributed by atoms with Gasteiger partial charge < -0.3 is 16.0 Å². The Balaban J connectivity index is 0. The Morgan fingerprint density at radius 3 is 2.40 bits per heavy atom. The molecule has 0 aromatic heterocycles. The van der Waals surface area contributed by atoms with Crippen LogP contribution in [0.15, 0.2) is 0 Å². The number of rotatable bonds is 6. The van der Waals surface area contributed by atoms with E-state index in [1.807, 2.05) is 0 Å². The maximum absolute atomic E-state index is 11.1. The standard InChI is InChI=1S/C10H23N3O.ClH/c1-5-8(2)13(4)7-6-12-10(14)9(3)11;/h8-9H,5-7,11H2,1-4H3,(H,12,14);1H. The summed E-state index contributed by atoms with van der Waals surface area (Å²) < 4.78 is 0. The first-order valence-electron chi connectivity index (χ1n) is 5.22. The Bertz CT molecular complexity index is 176. The predicted octanol–water partition coefficient (Wildman–Crippen LogP) is 0.602. The highest BCUT2D eigenvalue weighted by Gasteiger charge is 2.08. The van der Waals surface area contributed by atoms with Gasteiger partial charge in [-0.1, -0.05) is 6.92 Å². The molecule has 0 rings (SSSR count). The Kier molecular flexibility index (Phi) is 10.2. The maximum atomic E-state index is 11.1. The molecule has 4 nitrogen and oxygen atoms in total. The minimum absolute atomic E-state index is 0. The average molecular weight is 238 g/mol. The number of hydrogen-bond donors (Lipinski definition) is 2. The fourth-order valence-electron chi connectivity index (χ4n) is 1.05. The molecular formula is C10H24ClN3O. The third-order valence-electron chi connectivity index (χ3n) is 2.52. The summed E-state index contributed by atoms with van der Waals surface area (Å²) in [7, 11) is 2.06. The summed E-state index contributed by atoms with van der Waals surface area (Å²) in [6.45, 7) is 7.55. The Morgan fingerprint density at radius 1 is 1.47 bits per heavy atom. The molecule has 3 N–H and O–H groups in total. The van der Waals surface area contributed by atoms with Gasteiger partial charge >= 0.3 is 0 Å². The smallest absolute Gasteiger partial charge is 0.236 e. The van der Waals surface area contributed by atoms with Gasteiger partial charge in [0.25, 0.3) is 0 Å². The minimum atomic E-state index is -0.413. The third kappa shape index (κ3) is 7.59. The van der Waals surface area contributed by atoms with Crippen LogP contribution in [0.4, 0.5) is 0 Å². The molecule has 0 aliphatic heterocycles. The molecule has 0 aliphatic rings. The summed E-state index contributed by atoms with van der Waals surface area (Å²) in [5.74, 6) is -0.0810. The molecular weight excluding hydrogens is 214 g/mol. The molecule has 0 radical (unpaired) electrons. The van der Waals surface area contributed by atoms with E-state index in [0.29, 0.717) is 12.6 Å². The van der Waals surface area contributed by atoms with Crippen molar-refractivity contribution in [1.29, 1.82) is 0 Å². The van der Waals surface area contributed by atoms with E-state index < -0.39 is 6.04 Å². The van der Waals surface area contributed by atoms with E-state index in [9.17, 15) is 4.79 Å². The number of nitrogens with two attached hydrogens (primary N) is 1. The van der Waals surface area contributed by atoms with Crippen LogP contribution in [-0.4, -0.2) is 43.0 Å². The van der Waals surface area contributed by atoms with Crippen molar-refractivity contribution in [3.8, 4) is 0 Å². The summed E-state index contributed by atoms with van der Waals surface area (Å²) in [4.78, 5) is 13.3. The highest BCUT2D eigenvalue weighted by Crippen LogP contribution is 1.97. The van der Waals surface area contributed by atoms with Gasteiger partial charge in [0, 0.05) is 19.1 Å². The second kappa shape index (κ2) is 8.95. The van der Waals surface area contributed by atoms with Gasteiger partial charge in [0.15, 0.2) is 0 Å². The second-order valence-corrected chi connectivity index (χ2v) is 3.82. The fraction of sp³-hybridized carbons (Fsp3) is 0.900. The van der Waals surface area contributed by atoms with E-state index in [2.05, 4.69) is 31.1 Å². The van der Waals surface area contributed by atoms with E-state index in [1.165, 1.54) is 0 Å². The molecule has 0 bridgehead atoms. The number of amides is 1. The van der Waals surface area contributed by atoms with Crippen molar-refractivity contribution in [3.05, 3.63) is 0 Å². The molecule has 2 unspecified atom stereocenters. The number of likely N-dealkylation sites (N-methyl/N-ethyl adjacent to an activating group) is 1. The lowest BCUT2D eigenvalue weighted by Crippen LogP contribution is -2.42. The van der Waals surface area contributed by atoms with E-state index in [0.717, 1.165) is 13.0 Å². The second-order valence-electron chi connectivity index (χ2n) is 3.82. The van der Waals surface area contributed by atoms with Gasteiger partial charge in [-0.2, -0.15) is 0 Å². The van der Waals surface area contributed by atoms with E-state index in [1.54, 1.807) is 6.92 Å². The first-order chi connectivity index (χ1) is 6.49. The topological polar surface area (TPSA) is 58.4 Å². The zero-order valence-electron chi connectivity index (χ0n) is 10.1. The first kappa shape index (κ1) is 17.1. The molecule has 1 amide bonds. The molecule has 0 saturated carbocycles. The van der Waals surface area contributed by atoms with Crippen molar-refractivity contribution in [1.82, 2.24) is 10.2 Å². The molecule has 0 fully saturated rings. The molecule has 0 aliphatic carbocycles. The minimum Gasteiger partial charge on any atom is -0.353 e. The lowest BCUT2D eigenvalue weighted by Gasteiger charge is -2.23. The Labute approximate surface area is 99.0 Å². The van der Waals surface area contributed by atoms with E-state index in [4.69, 9.17) is 5.73 Å². The summed E-state index contributed by atoms with van der Waals surface area (Å²) >= 11 is 0. The summed E-state index contributed by atoms with van der Waals surface area (Å²) in [6, 6.07) is 0.145. The van der Waals surface area contributed by atoms with Crippen LogP contribution in [0.2, 0.25) is 0 Å². The van der Waals surface area contributed by atoms with E-state index in [-0.39, 0.29) is 18.3 Å². The van der Waals surface area contributed by atoms with Crippen LogP contribution in [0.1, 0.15) is 27.2 Å². The molecule has 2 atom stereocenters. The van der Waals surface area contributed by atoms with Crippen molar-refractivity contribution in [2.75, 3.05) is 20.1 Å². The van der Waals surface area contributed by atoms with Gasteiger partial charge in [0.05, 0.1) is 6.04 Å². The molecule has 0 spiro atoms. The van der Waals surface area contributed by atoms with Gasteiger partial charge in [0.2, 0.25) is 5.91 Å². The normalized spacial score (nSPS) is 14.3. The SMILES string of the molecule is CCC(C)N(C)CCNC(=O)C(C)N.Cl. The molecule has 15 heavy (non-hydrogen) atoms. The highest BCUT2D eigenvalue weighted by atomic mass is 35.5. The lowest BCUT2D eigenvalue weighted by atomic mass is 10.2. The van der Waals surface area contributed by atoms with Crippen molar-refractivity contribution in [2.24, 2.45) is 5.73 Å². The quantitative estimate of drug-likeness (QED) is 0.712. The van der Waals surface area contributed by atoms with Crippen molar-refractivity contribution in [3.63, 3.8) is 0 Å². The van der Waals surface area contributed by atoms with Gasteiger partial charge in [-0.15, -0.1) is 12.4 Å². The average Bonchev–Trinajstić information content (AvgIpc) is 2.15. The molecule has 0 aromatic carbocycles. The molecule has 92 valence electrons. The zero-order valence-corrected chi connectivity index (χ0v) is 10.9. The Hall–Kier alpha value is -0.320. The van der Waals surface area contributed by atoms with Crippen molar-refractivity contribution >= 4 is 18.3 Å². The van der Waals surface area contributed by atoms with Gasteiger partial charge in [0.1, 0.15) is 0 Å². The Morgan fingerprint density at radius 2 is 2.00 bits per heavy atom. The third-order valence-corrected chi connectivity index (χ3v) is 2.52. The van der Waals surface area contributed by atoms with Crippen LogP contribution in [0.25, 0.3) is 0 Å². The molecule has 0 aromatic rings. The molecule has 5 heteroatoms.